The number of fused-ring (bicyclic) bond motifs is 1. The van der Waals surface area contributed by atoms with Gasteiger partial charge in [-0.15, -0.1) is 0 Å². The molecule has 0 bridgehead atoms. The Hall–Kier alpha value is -2.70. The molecule has 7 heteroatoms. The van der Waals surface area contributed by atoms with Gasteiger partial charge in [0.2, 0.25) is 5.91 Å². The van der Waals surface area contributed by atoms with Gasteiger partial charge in [-0.1, -0.05) is 39.3 Å². The van der Waals surface area contributed by atoms with Gasteiger partial charge in [0.05, 0.1) is 5.69 Å². The minimum atomic E-state index is -0.557. The highest BCUT2D eigenvalue weighted by atomic mass is 16.5. The Kier molecular flexibility index (Phi) is 9.02. The first-order valence-electron chi connectivity index (χ1n) is 10.7. The summed E-state index contributed by atoms with van der Waals surface area (Å²) >= 11 is 0. The number of unbranched alkanes of at least 4 members (excludes halogenated alkanes) is 2. The molecule has 0 aromatic carbocycles. The summed E-state index contributed by atoms with van der Waals surface area (Å²) in [5.74, 6) is 0.435. The molecule has 2 rings (SSSR count). The molecule has 2 atom stereocenters. The highest BCUT2D eigenvalue weighted by molar-refractivity contribution is 5.84. The number of hydrogen-bond acceptors (Lipinski definition) is 5. The monoisotopic (exact) mass is 414 g/mol. The molecule has 0 spiro atoms. The minimum Gasteiger partial charge on any atom is -0.460 e. The molecular weight excluding hydrogens is 380 g/mol. The fraction of sp³-hybridized carbons (Fsp3) is 0.565. The van der Waals surface area contributed by atoms with Gasteiger partial charge >= 0.3 is 5.97 Å². The van der Waals surface area contributed by atoms with E-state index in [1.165, 1.54) is 6.08 Å². The van der Waals surface area contributed by atoms with Crippen LogP contribution in [0.2, 0.25) is 0 Å². The van der Waals surface area contributed by atoms with E-state index in [1.54, 1.807) is 11.9 Å². The van der Waals surface area contributed by atoms with Gasteiger partial charge in [0, 0.05) is 32.4 Å². The zero-order chi connectivity index (χ0) is 22.1. The van der Waals surface area contributed by atoms with Gasteiger partial charge in [0.25, 0.3) is 0 Å². The van der Waals surface area contributed by atoms with E-state index in [-0.39, 0.29) is 24.4 Å². The number of ether oxygens (including phenoxy) is 1. The number of aromatic nitrogens is 3. The molecule has 7 nitrogen and oxygen atoms in total. The third kappa shape index (κ3) is 6.40. The molecule has 0 N–H and O–H groups in total. The Morgan fingerprint density at radius 3 is 2.70 bits per heavy atom. The Morgan fingerprint density at radius 2 is 2.00 bits per heavy atom. The lowest BCUT2D eigenvalue weighted by molar-refractivity contribution is -0.155. The van der Waals surface area contributed by atoms with Crippen LogP contribution in [0, 0.1) is 12.8 Å². The molecule has 0 aromatic rings. The van der Waals surface area contributed by atoms with Crippen LogP contribution in [0.3, 0.4) is 0 Å². The van der Waals surface area contributed by atoms with E-state index in [0.29, 0.717) is 6.42 Å². The summed E-state index contributed by atoms with van der Waals surface area (Å²) in [6, 6.07) is 1.42. The number of imidazole rings is 1. The highest BCUT2D eigenvalue weighted by Gasteiger charge is 2.32. The van der Waals surface area contributed by atoms with Crippen molar-refractivity contribution < 1.29 is 14.3 Å². The van der Waals surface area contributed by atoms with Crippen molar-refractivity contribution in [2.75, 3.05) is 13.7 Å². The predicted molar refractivity (Wildman–Crippen MR) is 117 cm³/mol. The van der Waals surface area contributed by atoms with Gasteiger partial charge in [-0.2, -0.15) is 0 Å². The molecule has 2 aliphatic heterocycles. The summed E-state index contributed by atoms with van der Waals surface area (Å²) in [5, 5.41) is 0. The van der Waals surface area contributed by atoms with Gasteiger partial charge in [-0.3, -0.25) is 4.79 Å². The molecule has 0 aromatic heterocycles. The quantitative estimate of drug-likeness (QED) is 0.299. The van der Waals surface area contributed by atoms with Crippen molar-refractivity contribution >= 4 is 11.9 Å². The second-order valence-electron chi connectivity index (χ2n) is 7.79. The normalized spacial score (nSPS) is 13.1. The first-order chi connectivity index (χ1) is 14.4. The van der Waals surface area contributed by atoms with E-state index in [2.05, 4.69) is 21.1 Å². The van der Waals surface area contributed by atoms with Crippen molar-refractivity contribution in [1.82, 2.24) is 19.4 Å². The van der Waals surface area contributed by atoms with Gasteiger partial charge in [-0.05, 0) is 31.7 Å². The molecular formula is C23H34N4O3. The molecule has 0 saturated heterocycles. The van der Waals surface area contributed by atoms with Crippen LogP contribution in [0.1, 0.15) is 51.8 Å². The average molecular weight is 415 g/mol. The Balaban J connectivity index is 1.79. The summed E-state index contributed by atoms with van der Waals surface area (Å²) < 4.78 is 7.32. The van der Waals surface area contributed by atoms with Crippen molar-refractivity contribution in [3.63, 3.8) is 0 Å². The fourth-order valence-corrected chi connectivity index (χ4v) is 3.51. The lowest BCUT2D eigenvalue weighted by Gasteiger charge is -2.30. The third-order valence-electron chi connectivity index (χ3n) is 5.42. The van der Waals surface area contributed by atoms with Crippen LogP contribution in [0.25, 0.3) is 11.4 Å². The van der Waals surface area contributed by atoms with Gasteiger partial charge in [0.1, 0.15) is 24.2 Å². The predicted octanol–water partition coefficient (Wildman–Crippen LogP) is 3.85. The average Bonchev–Trinajstić information content (AvgIpc) is 3.10. The van der Waals surface area contributed by atoms with Crippen molar-refractivity contribution in [3.05, 3.63) is 36.9 Å². The number of aryl methyl sites for hydroxylation is 2. The SMILES string of the molecule is C=CCOC(=O)[C@H]([C@@H](C)CC)N(C)C(=O)CCCCCn1ccc2nc(C)nc-2c1. The molecule has 1 amide bonds. The molecule has 0 aliphatic carbocycles. The number of carbonyl (C=O) groups excluding carboxylic acids is 2. The highest BCUT2D eigenvalue weighted by Crippen LogP contribution is 2.19. The minimum absolute atomic E-state index is 0.0209. The topological polar surface area (TPSA) is 77.3 Å². The number of esters is 1. The number of likely N-dealkylation sites (N-methyl/N-ethyl adjacent to an activating group) is 1. The zero-order valence-electron chi connectivity index (χ0n) is 18.6. The van der Waals surface area contributed by atoms with E-state index in [9.17, 15) is 9.59 Å². The molecule has 0 radical (unpaired) electrons. The maximum Gasteiger partial charge on any atom is 0.329 e. The smallest absolute Gasteiger partial charge is 0.329 e. The Bertz CT molecular complexity index is 817. The molecule has 0 saturated carbocycles. The summed E-state index contributed by atoms with van der Waals surface area (Å²) in [6.07, 6.45) is 9.48. The van der Waals surface area contributed by atoms with E-state index >= 15 is 0 Å². The molecule has 2 aliphatic rings. The number of rotatable bonds is 12. The fourth-order valence-electron chi connectivity index (χ4n) is 3.51. The molecule has 164 valence electrons. The van der Waals surface area contributed by atoms with Crippen LogP contribution in [-0.2, 0) is 20.9 Å². The number of pyridine rings is 1. The van der Waals surface area contributed by atoms with Crippen LogP contribution < -0.4 is 0 Å². The van der Waals surface area contributed by atoms with E-state index in [0.717, 1.165) is 49.4 Å². The lowest BCUT2D eigenvalue weighted by Crippen LogP contribution is -2.47. The second kappa shape index (κ2) is 11.5. The lowest BCUT2D eigenvalue weighted by atomic mass is 9.97. The van der Waals surface area contributed by atoms with Crippen molar-refractivity contribution in [3.8, 4) is 11.4 Å². The third-order valence-corrected chi connectivity index (χ3v) is 5.42. The Morgan fingerprint density at radius 1 is 1.27 bits per heavy atom. The standard InChI is InChI=1S/C23H34N4O3/c1-6-15-30-23(29)22(17(3)7-2)26(5)21(28)11-9-8-10-13-27-14-12-19-20(16-27)25-18(4)24-19/h6,12,14,16-17,22H,1,7-11,13,15H2,2-5H3/t17-,22-/m0/s1. The maximum absolute atomic E-state index is 12.6. The van der Waals surface area contributed by atoms with Crippen LogP contribution in [-0.4, -0.2) is 51.0 Å². The van der Waals surface area contributed by atoms with Crippen molar-refractivity contribution in [1.29, 1.82) is 0 Å². The summed E-state index contributed by atoms with van der Waals surface area (Å²) in [4.78, 5) is 35.4. The summed E-state index contributed by atoms with van der Waals surface area (Å²) in [5.41, 5.74) is 1.83. The molecule has 0 fully saturated rings. The first kappa shape index (κ1) is 23.6. The molecule has 30 heavy (non-hydrogen) atoms. The van der Waals surface area contributed by atoms with E-state index in [4.69, 9.17) is 4.74 Å². The van der Waals surface area contributed by atoms with Gasteiger partial charge in [0.15, 0.2) is 0 Å². The zero-order valence-corrected chi connectivity index (χ0v) is 18.6. The molecule has 0 unspecified atom stereocenters. The summed E-state index contributed by atoms with van der Waals surface area (Å²) in [6.45, 7) is 10.5. The Labute approximate surface area is 179 Å². The second-order valence-corrected chi connectivity index (χ2v) is 7.79. The van der Waals surface area contributed by atoms with E-state index in [1.807, 2.05) is 39.2 Å². The number of amides is 1. The summed E-state index contributed by atoms with van der Waals surface area (Å²) in [7, 11) is 1.70. The van der Waals surface area contributed by atoms with Gasteiger partial charge < -0.3 is 14.2 Å². The van der Waals surface area contributed by atoms with Crippen molar-refractivity contribution in [2.45, 2.75) is 65.5 Å². The number of hydrogen-bond donors (Lipinski definition) is 0. The van der Waals surface area contributed by atoms with Gasteiger partial charge in [-0.25, -0.2) is 14.8 Å². The molecule has 2 heterocycles. The van der Waals surface area contributed by atoms with E-state index < -0.39 is 6.04 Å². The van der Waals surface area contributed by atoms with Crippen LogP contribution in [0.4, 0.5) is 0 Å². The van der Waals surface area contributed by atoms with Crippen LogP contribution in [0.5, 0.6) is 0 Å². The van der Waals surface area contributed by atoms with Crippen LogP contribution >= 0.6 is 0 Å². The first-order valence-corrected chi connectivity index (χ1v) is 10.7. The number of carbonyl (C=O) groups is 2. The number of nitrogens with zero attached hydrogens (tertiary/aromatic N) is 4. The maximum atomic E-state index is 12.6. The van der Waals surface area contributed by atoms with Crippen LogP contribution in [0.15, 0.2) is 31.1 Å². The van der Waals surface area contributed by atoms with Crippen molar-refractivity contribution in [2.24, 2.45) is 5.92 Å². The largest absolute Gasteiger partial charge is 0.460 e.